The number of aliphatic hydroxyl groups is 2. The second-order valence-corrected chi connectivity index (χ2v) is 8.64. The van der Waals surface area contributed by atoms with Gasteiger partial charge in [-0.1, -0.05) is 36.3 Å². The summed E-state index contributed by atoms with van der Waals surface area (Å²) in [5, 5.41) is 18.7. The summed E-state index contributed by atoms with van der Waals surface area (Å²) in [6.45, 7) is 18.7. The number of nitrogens with zero attached hydrogens (tertiary/aromatic N) is 2. The van der Waals surface area contributed by atoms with Gasteiger partial charge in [-0.3, -0.25) is 4.98 Å². The molecule has 3 heterocycles. The standard InChI is InChI=1S/C9H11NO.C8H15BO2.C7H8ClNO/c1-3-9-8(7(2)11)5-4-6-10-9;1-6-9-10-7(2,3)8(4,5)11-9;1-5(10)6-3-2-4-9-7(6)8/h3-7,11H,1H2,2H3;6H,1H2,2-5H3;2-5,10H,1H3/t7-;;5-/m1.1/s1. The molecule has 1 fully saturated rings. The van der Waals surface area contributed by atoms with Crippen molar-refractivity contribution >= 4 is 24.8 Å². The molecule has 1 saturated heterocycles. The maximum atomic E-state index is 9.25. The molecule has 2 aromatic rings. The Morgan fingerprint density at radius 3 is 1.72 bits per heavy atom. The number of hydrogen-bond donors (Lipinski definition) is 2. The van der Waals surface area contributed by atoms with Crippen molar-refractivity contribution in [3.63, 3.8) is 0 Å². The first-order chi connectivity index (χ1) is 14.9. The predicted molar refractivity (Wildman–Crippen MR) is 131 cm³/mol. The smallest absolute Gasteiger partial charge is 0.400 e. The third-order valence-electron chi connectivity index (χ3n) is 5.22. The summed E-state index contributed by atoms with van der Waals surface area (Å²) in [5.41, 5.74) is 1.78. The third-order valence-corrected chi connectivity index (χ3v) is 5.53. The number of hydrogen-bond acceptors (Lipinski definition) is 6. The van der Waals surface area contributed by atoms with Gasteiger partial charge in [0.05, 0.1) is 29.1 Å². The Balaban J connectivity index is 0.000000240. The van der Waals surface area contributed by atoms with Crippen molar-refractivity contribution in [2.24, 2.45) is 0 Å². The number of aliphatic hydroxyl groups excluding tert-OH is 2. The lowest BCUT2D eigenvalue weighted by atomic mass is 9.90. The van der Waals surface area contributed by atoms with E-state index in [1.807, 2.05) is 33.8 Å². The van der Waals surface area contributed by atoms with Gasteiger partial charge >= 0.3 is 7.12 Å². The van der Waals surface area contributed by atoms with E-state index in [9.17, 15) is 5.11 Å². The SMILES string of the molecule is C=CB1OC(C)(C)C(C)(C)O1.C=Cc1ncccc1[C@@H](C)O.C[C@@H](O)c1cccnc1Cl. The molecular formula is C24H34BClN2O4. The molecule has 0 aliphatic carbocycles. The molecule has 32 heavy (non-hydrogen) atoms. The lowest BCUT2D eigenvalue weighted by molar-refractivity contribution is 0.00578. The van der Waals surface area contributed by atoms with Crippen molar-refractivity contribution in [1.29, 1.82) is 0 Å². The molecular weight excluding hydrogens is 427 g/mol. The quantitative estimate of drug-likeness (QED) is 0.471. The van der Waals surface area contributed by atoms with E-state index in [1.165, 1.54) is 0 Å². The molecule has 0 radical (unpaired) electrons. The van der Waals surface area contributed by atoms with Crippen LogP contribution in [-0.2, 0) is 9.31 Å². The van der Waals surface area contributed by atoms with Gasteiger partial charge < -0.3 is 19.5 Å². The molecule has 2 N–H and O–H groups in total. The molecule has 2 atom stereocenters. The highest BCUT2D eigenvalue weighted by Crippen LogP contribution is 2.36. The van der Waals surface area contributed by atoms with Crippen LogP contribution < -0.4 is 0 Å². The fraction of sp³-hybridized carbons (Fsp3) is 0.417. The Morgan fingerprint density at radius 1 is 0.938 bits per heavy atom. The van der Waals surface area contributed by atoms with E-state index in [4.69, 9.17) is 26.0 Å². The van der Waals surface area contributed by atoms with Gasteiger partial charge in [-0.25, -0.2) is 4.98 Å². The number of rotatable bonds is 4. The topological polar surface area (TPSA) is 84.7 Å². The van der Waals surface area contributed by atoms with E-state index in [-0.39, 0.29) is 18.3 Å². The fourth-order valence-electron chi connectivity index (χ4n) is 2.65. The fourth-order valence-corrected chi connectivity index (χ4v) is 2.93. The zero-order chi connectivity index (χ0) is 24.5. The van der Waals surface area contributed by atoms with Gasteiger partial charge in [0.15, 0.2) is 0 Å². The molecule has 3 rings (SSSR count). The first kappa shape index (κ1) is 28.0. The normalized spacial score (nSPS) is 17.7. The van der Waals surface area contributed by atoms with Gasteiger partial charge in [-0.15, -0.1) is 6.58 Å². The molecule has 174 valence electrons. The van der Waals surface area contributed by atoms with E-state index in [0.717, 1.165) is 11.3 Å². The van der Waals surface area contributed by atoms with Crippen LogP contribution in [0, 0.1) is 0 Å². The summed E-state index contributed by atoms with van der Waals surface area (Å²) in [6.07, 6.45) is 3.90. The molecule has 0 saturated carbocycles. The second-order valence-electron chi connectivity index (χ2n) is 8.28. The Labute approximate surface area is 197 Å². The highest BCUT2D eigenvalue weighted by Gasteiger charge is 2.49. The Hall–Kier alpha value is -2.03. The van der Waals surface area contributed by atoms with Gasteiger partial charge in [-0.05, 0) is 59.8 Å². The molecule has 0 spiro atoms. The molecule has 0 aromatic carbocycles. The predicted octanol–water partition coefficient (Wildman–Crippen LogP) is 5.37. The minimum Gasteiger partial charge on any atom is -0.400 e. The van der Waals surface area contributed by atoms with Gasteiger partial charge in [-0.2, -0.15) is 0 Å². The van der Waals surface area contributed by atoms with Crippen LogP contribution in [-0.4, -0.2) is 38.5 Å². The van der Waals surface area contributed by atoms with Crippen molar-refractivity contribution in [2.75, 3.05) is 0 Å². The molecule has 0 unspecified atom stereocenters. The van der Waals surface area contributed by atoms with Crippen LogP contribution >= 0.6 is 11.6 Å². The Bertz CT molecular complexity index is 872. The highest BCUT2D eigenvalue weighted by molar-refractivity contribution is 6.51. The third kappa shape index (κ3) is 7.83. The van der Waals surface area contributed by atoms with Crippen molar-refractivity contribution in [3.05, 3.63) is 77.8 Å². The molecule has 0 amide bonds. The summed E-state index contributed by atoms with van der Waals surface area (Å²) in [4.78, 5) is 7.85. The van der Waals surface area contributed by atoms with Gasteiger partial charge in [0.2, 0.25) is 0 Å². The van der Waals surface area contributed by atoms with Crippen LogP contribution in [0.25, 0.3) is 6.08 Å². The minimum atomic E-state index is -0.541. The van der Waals surface area contributed by atoms with E-state index >= 15 is 0 Å². The van der Waals surface area contributed by atoms with Crippen LogP contribution in [0.1, 0.15) is 70.6 Å². The van der Waals surface area contributed by atoms with Crippen molar-refractivity contribution in [3.8, 4) is 0 Å². The first-order valence-electron chi connectivity index (χ1n) is 10.4. The lowest BCUT2D eigenvalue weighted by Crippen LogP contribution is -2.41. The second kappa shape index (κ2) is 12.3. The highest BCUT2D eigenvalue weighted by atomic mass is 35.5. The number of aromatic nitrogens is 2. The zero-order valence-corrected chi connectivity index (χ0v) is 20.5. The molecule has 1 aliphatic heterocycles. The molecule has 6 nitrogen and oxygen atoms in total. The van der Waals surface area contributed by atoms with Crippen LogP contribution in [0.15, 0.2) is 55.8 Å². The van der Waals surface area contributed by atoms with E-state index in [2.05, 4.69) is 23.1 Å². The zero-order valence-electron chi connectivity index (χ0n) is 19.7. The van der Waals surface area contributed by atoms with Crippen molar-refractivity contribution in [1.82, 2.24) is 9.97 Å². The van der Waals surface area contributed by atoms with Crippen molar-refractivity contribution < 1.29 is 19.5 Å². The first-order valence-corrected chi connectivity index (χ1v) is 10.8. The summed E-state index contributed by atoms with van der Waals surface area (Å²) in [6, 6.07) is 7.14. The number of pyridine rings is 2. The monoisotopic (exact) mass is 460 g/mol. The van der Waals surface area contributed by atoms with E-state index < -0.39 is 12.2 Å². The molecule has 1 aliphatic rings. The number of halogens is 1. The van der Waals surface area contributed by atoms with E-state index in [0.29, 0.717) is 10.7 Å². The van der Waals surface area contributed by atoms with Gasteiger partial charge in [0.1, 0.15) is 5.15 Å². The lowest BCUT2D eigenvalue weighted by Gasteiger charge is -2.32. The molecule has 8 heteroatoms. The van der Waals surface area contributed by atoms with Crippen LogP contribution in [0.5, 0.6) is 0 Å². The molecule has 2 aromatic heterocycles. The summed E-state index contributed by atoms with van der Waals surface area (Å²) in [7, 11) is -0.250. The van der Waals surface area contributed by atoms with Crippen LogP contribution in [0.2, 0.25) is 5.15 Å². The Kier molecular flexibility index (Phi) is 10.7. The maximum Gasteiger partial charge on any atom is 0.486 e. The maximum absolute atomic E-state index is 9.25. The Morgan fingerprint density at radius 2 is 1.41 bits per heavy atom. The average molecular weight is 461 g/mol. The van der Waals surface area contributed by atoms with E-state index in [1.54, 1.807) is 56.5 Å². The van der Waals surface area contributed by atoms with Gasteiger partial charge in [0, 0.05) is 23.5 Å². The minimum absolute atomic E-state index is 0.230. The van der Waals surface area contributed by atoms with Gasteiger partial charge in [0.25, 0.3) is 0 Å². The summed E-state index contributed by atoms with van der Waals surface area (Å²) in [5.74, 6) is 1.68. The van der Waals surface area contributed by atoms with Crippen molar-refractivity contribution in [2.45, 2.75) is 65.0 Å². The average Bonchev–Trinajstić information content (AvgIpc) is 2.95. The summed E-state index contributed by atoms with van der Waals surface area (Å²) >= 11 is 5.65. The molecule has 0 bridgehead atoms. The van der Waals surface area contributed by atoms with Crippen LogP contribution in [0.4, 0.5) is 0 Å². The summed E-state index contributed by atoms with van der Waals surface area (Å²) < 4.78 is 11.1. The largest absolute Gasteiger partial charge is 0.486 e. The van der Waals surface area contributed by atoms with Crippen LogP contribution in [0.3, 0.4) is 0 Å².